The summed E-state index contributed by atoms with van der Waals surface area (Å²) >= 11 is 0. The fraction of sp³-hybridized carbons (Fsp3) is 0.263. The van der Waals surface area contributed by atoms with E-state index in [2.05, 4.69) is 6.07 Å². The molecule has 0 aromatic heterocycles. The van der Waals surface area contributed by atoms with Gasteiger partial charge in [-0.1, -0.05) is 42.5 Å². The summed E-state index contributed by atoms with van der Waals surface area (Å²) in [5.41, 5.74) is 2.29. The lowest BCUT2D eigenvalue weighted by Crippen LogP contribution is -2.29. The second-order valence-corrected chi connectivity index (χ2v) is 5.71. The number of hydrogen-bond acceptors (Lipinski definition) is 3. The minimum absolute atomic E-state index is 0.0923. The molecule has 22 heavy (non-hydrogen) atoms. The van der Waals surface area contributed by atoms with Crippen LogP contribution in [0.4, 0.5) is 0 Å². The van der Waals surface area contributed by atoms with Crippen LogP contribution in [0.2, 0.25) is 0 Å². The maximum absolute atomic E-state index is 12.8. The summed E-state index contributed by atoms with van der Waals surface area (Å²) in [4.78, 5) is 14.8. The molecule has 0 saturated heterocycles. The minimum atomic E-state index is -0.119. The quantitative estimate of drug-likeness (QED) is 0.768. The molecule has 2 aromatic carbocycles. The fourth-order valence-corrected chi connectivity index (χ4v) is 2.56. The summed E-state index contributed by atoms with van der Waals surface area (Å²) in [5.74, 6) is -0.0269. The van der Waals surface area contributed by atoms with E-state index in [-0.39, 0.29) is 11.7 Å². The molecule has 3 heteroatoms. The number of rotatable bonds is 6. The van der Waals surface area contributed by atoms with Crippen molar-refractivity contribution in [3.05, 3.63) is 71.3 Å². The molecule has 0 aliphatic carbocycles. The Kier molecular flexibility index (Phi) is 5.46. The minimum Gasteiger partial charge on any atom is -0.309 e. The van der Waals surface area contributed by atoms with E-state index >= 15 is 0 Å². The zero-order valence-electron chi connectivity index (χ0n) is 13.0. The summed E-state index contributed by atoms with van der Waals surface area (Å²) in [6.45, 7) is 0.685. The van der Waals surface area contributed by atoms with E-state index in [4.69, 9.17) is 5.26 Å². The largest absolute Gasteiger partial charge is 0.309 e. The number of nitriles is 1. The highest BCUT2D eigenvalue weighted by Crippen LogP contribution is 2.17. The van der Waals surface area contributed by atoms with Crippen molar-refractivity contribution in [3.63, 3.8) is 0 Å². The van der Waals surface area contributed by atoms with E-state index in [0.717, 1.165) is 5.56 Å². The Labute approximate surface area is 131 Å². The summed E-state index contributed by atoms with van der Waals surface area (Å²) in [5, 5.41) is 8.99. The van der Waals surface area contributed by atoms with Crippen LogP contribution in [-0.4, -0.2) is 31.3 Å². The Morgan fingerprint density at radius 2 is 1.86 bits per heavy atom. The normalized spacial score (nSPS) is 11.9. The summed E-state index contributed by atoms with van der Waals surface area (Å²) in [7, 11) is 3.94. The fourth-order valence-electron chi connectivity index (χ4n) is 2.56. The first-order valence-corrected chi connectivity index (χ1v) is 7.33. The van der Waals surface area contributed by atoms with Gasteiger partial charge in [-0.3, -0.25) is 4.79 Å². The second-order valence-electron chi connectivity index (χ2n) is 5.71. The topological polar surface area (TPSA) is 44.1 Å². The number of ketones is 1. The molecule has 1 unspecified atom stereocenters. The molecule has 0 radical (unpaired) electrons. The van der Waals surface area contributed by atoms with Gasteiger partial charge in [0.25, 0.3) is 0 Å². The van der Waals surface area contributed by atoms with Crippen molar-refractivity contribution in [2.45, 2.75) is 6.42 Å². The van der Waals surface area contributed by atoms with E-state index < -0.39 is 0 Å². The third-order valence-corrected chi connectivity index (χ3v) is 3.56. The van der Waals surface area contributed by atoms with Crippen molar-refractivity contribution in [3.8, 4) is 6.07 Å². The number of carbonyl (C=O) groups excluding carboxylic acids is 1. The van der Waals surface area contributed by atoms with Crippen LogP contribution >= 0.6 is 0 Å². The third-order valence-electron chi connectivity index (χ3n) is 3.56. The first-order chi connectivity index (χ1) is 10.6. The highest BCUT2D eigenvalue weighted by atomic mass is 16.1. The molecule has 112 valence electrons. The molecule has 0 aliphatic heterocycles. The standard InChI is InChI=1S/C19H20N2O/c1-21(2)14-18(11-15-7-4-3-5-8-15)19(22)17-10-6-9-16(12-17)13-20/h3-10,12,18H,11,14H2,1-2H3. The van der Waals surface area contributed by atoms with Gasteiger partial charge in [-0.25, -0.2) is 0 Å². The van der Waals surface area contributed by atoms with Crippen LogP contribution in [-0.2, 0) is 6.42 Å². The molecule has 0 heterocycles. The van der Waals surface area contributed by atoms with Gasteiger partial charge < -0.3 is 4.90 Å². The second kappa shape index (κ2) is 7.53. The van der Waals surface area contributed by atoms with Gasteiger partial charge in [-0.05, 0) is 38.2 Å². The molecule has 2 aromatic rings. The number of Topliss-reactive ketones (excluding diaryl/α,β-unsaturated/α-hetero) is 1. The molecular weight excluding hydrogens is 272 g/mol. The van der Waals surface area contributed by atoms with Gasteiger partial charge in [-0.15, -0.1) is 0 Å². The van der Waals surface area contributed by atoms with E-state index in [1.54, 1.807) is 24.3 Å². The Hall–Kier alpha value is -2.44. The molecule has 3 nitrogen and oxygen atoms in total. The molecule has 0 bridgehead atoms. The molecule has 2 rings (SSSR count). The third kappa shape index (κ3) is 4.28. The Bertz CT molecular complexity index is 671. The predicted octanol–water partition coefficient (Wildman–Crippen LogP) is 3.16. The van der Waals surface area contributed by atoms with Crippen molar-refractivity contribution in [2.24, 2.45) is 5.92 Å². The van der Waals surface area contributed by atoms with Crippen molar-refractivity contribution in [1.29, 1.82) is 5.26 Å². The SMILES string of the molecule is CN(C)CC(Cc1ccccc1)C(=O)c1cccc(C#N)c1. The van der Waals surface area contributed by atoms with Crippen LogP contribution in [0.15, 0.2) is 54.6 Å². The molecule has 0 N–H and O–H groups in total. The van der Waals surface area contributed by atoms with Crippen molar-refractivity contribution in [1.82, 2.24) is 4.90 Å². The van der Waals surface area contributed by atoms with Crippen molar-refractivity contribution < 1.29 is 4.79 Å². The van der Waals surface area contributed by atoms with Gasteiger partial charge in [0.1, 0.15) is 0 Å². The van der Waals surface area contributed by atoms with E-state index in [1.807, 2.05) is 49.3 Å². The molecule has 0 saturated carbocycles. The van der Waals surface area contributed by atoms with E-state index in [1.165, 1.54) is 0 Å². The lowest BCUT2D eigenvalue weighted by atomic mass is 9.90. The zero-order chi connectivity index (χ0) is 15.9. The van der Waals surface area contributed by atoms with E-state index in [9.17, 15) is 4.79 Å². The monoisotopic (exact) mass is 292 g/mol. The average molecular weight is 292 g/mol. The number of hydrogen-bond donors (Lipinski definition) is 0. The summed E-state index contributed by atoms with van der Waals surface area (Å²) < 4.78 is 0. The molecule has 0 spiro atoms. The molecule has 1 atom stereocenters. The van der Waals surface area contributed by atoms with Gasteiger partial charge in [0.2, 0.25) is 0 Å². The van der Waals surface area contributed by atoms with Crippen molar-refractivity contribution >= 4 is 5.78 Å². The van der Waals surface area contributed by atoms with Crippen LogP contribution in [0, 0.1) is 17.2 Å². The Morgan fingerprint density at radius 3 is 2.50 bits per heavy atom. The van der Waals surface area contributed by atoms with Gasteiger partial charge >= 0.3 is 0 Å². The van der Waals surface area contributed by atoms with Gasteiger partial charge in [0.15, 0.2) is 5.78 Å². The lowest BCUT2D eigenvalue weighted by Gasteiger charge is -2.20. The first kappa shape index (κ1) is 15.9. The van der Waals surface area contributed by atoms with Crippen LogP contribution in [0.25, 0.3) is 0 Å². The van der Waals surface area contributed by atoms with Gasteiger partial charge in [0, 0.05) is 18.0 Å². The van der Waals surface area contributed by atoms with Gasteiger partial charge in [0.05, 0.1) is 11.6 Å². The van der Waals surface area contributed by atoms with Crippen molar-refractivity contribution in [2.75, 3.05) is 20.6 Å². The zero-order valence-corrected chi connectivity index (χ0v) is 13.0. The maximum Gasteiger partial charge on any atom is 0.167 e. The molecule has 0 amide bonds. The highest BCUT2D eigenvalue weighted by Gasteiger charge is 2.21. The predicted molar refractivity (Wildman–Crippen MR) is 87.7 cm³/mol. The highest BCUT2D eigenvalue weighted by molar-refractivity contribution is 5.98. The van der Waals surface area contributed by atoms with Crippen LogP contribution in [0.5, 0.6) is 0 Å². The Morgan fingerprint density at radius 1 is 1.14 bits per heavy atom. The van der Waals surface area contributed by atoms with Crippen LogP contribution < -0.4 is 0 Å². The van der Waals surface area contributed by atoms with Crippen LogP contribution in [0.3, 0.4) is 0 Å². The summed E-state index contributed by atoms with van der Waals surface area (Å²) in [6.07, 6.45) is 0.703. The Balaban J connectivity index is 2.24. The number of benzene rings is 2. The lowest BCUT2D eigenvalue weighted by molar-refractivity contribution is 0.0896. The molecule has 0 fully saturated rings. The first-order valence-electron chi connectivity index (χ1n) is 7.33. The van der Waals surface area contributed by atoms with Crippen LogP contribution in [0.1, 0.15) is 21.5 Å². The average Bonchev–Trinajstić information content (AvgIpc) is 2.54. The maximum atomic E-state index is 12.8. The smallest absolute Gasteiger partial charge is 0.167 e. The van der Waals surface area contributed by atoms with Gasteiger partial charge in [-0.2, -0.15) is 5.26 Å². The molecule has 0 aliphatic rings. The summed E-state index contributed by atoms with van der Waals surface area (Å²) in [6, 6.07) is 19.1. The number of carbonyl (C=O) groups is 1. The van der Waals surface area contributed by atoms with E-state index in [0.29, 0.717) is 24.1 Å². The molecular formula is C19H20N2O. The number of nitrogens with zero attached hydrogens (tertiary/aromatic N) is 2.